The highest BCUT2D eigenvalue weighted by molar-refractivity contribution is 6.31. The lowest BCUT2D eigenvalue weighted by Crippen LogP contribution is -2.12. The fraction of sp³-hybridized carbons (Fsp3) is 0.0455. The minimum absolute atomic E-state index is 0.00452. The molecule has 8 heteroatoms. The Morgan fingerprint density at radius 3 is 2.67 bits per heavy atom. The van der Waals surface area contributed by atoms with Crippen LogP contribution < -0.4 is 5.32 Å². The normalized spacial score (nSPS) is 12.7. The van der Waals surface area contributed by atoms with E-state index in [2.05, 4.69) is 10.3 Å². The molecule has 5 nitrogen and oxygen atoms in total. The molecule has 148 valence electrons. The number of rotatable bonds is 3. The molecule has 1 N–H and O–H groups in total. The van der Waals surface area contributed by atoms with E-state index in [1.165, 1.54) is 12.1 Å². The van der Waals surface area contributed by atoms with Gasteiger partial charge in [0.05, 0.1) is 27.1 Å². The first-order chi connectivity index (χ1) is 14.5. The van der Waals surface area contributed by atoms with Gasteiger partial charge in [0.25, 0.3) is 5.91 Å². The maximum Gasteiger partial charge on any atom is 0.251 e. The number of carbonyl (C=O) groups excluding carboxylic acids is 1. The number of nitrogens with zero attached hydrogens (tertiary/aromatic N) is 3. The predicted molar refractivity (Wildman–Crippen MR) is 113 cm³/mol. The Morgan fingerprint density at radius 2 is 1.87 bits per heavy atom. The van der Waals surface area contributed by atoms with E-state index in [0.29, 0.717) is 34.2 Å². The van der Waals surface area contributed by atoms with Crippen molar-refractivity contribution >= 4 is 29.1 Å². The number of hydrogen-bond donors (Lipinski definition) is 1. The van der Waals surface area contributed by atoms with Crippen molar-refractivity contribution in [3.05, 3.63) is 87.9 Å². The summed E-state index contributed by atoms with van der Waals surface area (Å²) in [6.07, 6.45) is 3.22. The quantitative estimate of drug-likeness (QED) is 0.472. The fourth-order valence-corrected chi connectivity index (χ4v) is 3.93. The Kier molecular flexibility index (Phi) is 4.53. The molecule has 0 fully saturated rings. The van der Waals surface area contributed by atoms with Gasteiger partial charge in [-0.25, -0.2) is 9.07 Å². The number of carbonyl (C=O) groups is 1. The van der Waals surface area contributed by atoms with Crippen LogP contribution in [0.25, 0.3) is 28.2 Å². The summed E-state index contributed by atoms with van der Waals surface area (Å²) in [5.41, 5.74) is 5.07. The van der Waals surface area contributed by atoms with Crippen molar-refractivity contribution in [2.24, 2.45) is 0 Å². The largest absolute Gasteiger partial charge is 0.348 e. The van der Waals surface area contributed by atoms with Crippen LogP contribution in [0.3, 0.4) is 0 Å². The molecule has 1 amide bonds. The standard InChI is InChI=1S/C22H13Cl2FN4O/c23-13-6-12(9-26-10-13)21-8-20(15-2-1-3-16-17(15)11-27-22(16)30)28-29(21)14-4-5-19(25)18(24)7-14/h1-10H,11H2,(H,27,30). The molecule has 1 aliphatic heterocycles. The second kappa shape index (κ2) is 7.23. The summed E-state index contributed by atoms with van der Waals surface area (Å²) in [5.74, 6) is -0.611. The molecular formula is C22H13Cl2FN4O. The molecule has 2 aromatic carbocycles. The average Bonchev–Trinajstić information content (AvgIpc) is 3.35. The van der Waals surface area contributed by atoms with Crippen molar-refractivity contribution in [3.63, 3.8) is 0 Å². The Hall–Kier alpha value is -3.22. The molecule has 0 saturated carbocycles. The molecule has 5 rings (SSSR count). The van der Waals surface area contributed by atoms with Gasteiger partial charge in [0, 0.05) is 35.6 Å². The Labute approximate surface area is 181 Å². The van der Waals surface area contributed by atoms with E-state index < -0.39 is 5.82 Å². The number of aromatic nitrogens is 3. The van der Waals surface area contributed by atoms with Gasteiger partial charge >= 0.3 is 0 Å². The monoisotopic (exact) mass is 438 g/mol. The van der Waals surface area contributed by atoms with E-state index in [4.69, 9.17) is 28.3 Å². The summed E-state index contributed by atoms with van der Waals surface area (Å²) in [7, 11) is 0. The molecule has 0 atom stereocenters. The molecule has 1 aliphatic rings. The number of hydrogen-bond acceptors (Lipinski definition) is 3. The van der Waals surface area contributed by atoms with E-state index in [1.54, 1.807) is 35.3 Å². The van der Waals surface area contributed by atoms with Crippen LogP contribution >= 0.6 is 23.2 Å². The molecule has 0 radical (unpaired) electrons. The summed E-state index contributed by atoms with van der Waals surface area (Å²) in [6.45, 7) is 0.438. The smallest absolute Gasteiger partial charge is 0.251 e. The molecule has 0 saturated heterocycles. The molecule has 0 bridgehead atoms. The van der Waals surface area contributed by atoms with Crippen LogP contribution in [0.15, 0.2) is 60.9 Å². The highest BCUT2D eigenvalue weighted by atomic mass is 35.5. The summed E-state index contributed by atoms with van der Waals surface area (Å²) in [6, 6.07) is 13.6. The van der Waals surface area contributed by atoms with E-state index in [9.17, 15) is 9.18 Å². The molecule has 4 aromatic rings. The van der Waals surface area contributed by atoms with Crippen molar-refractivity contribution in [3.8, 4) is 28.2 Å². The summed E-state index contributed by atoms with van der Waals surface area (Å²) in [4.78, 5) is 16.2. The zero-order chi connectivity index (χ0) is 20.8. The van der Waals surface area contributed by atoms with Crippen molar-refractivity contribution in [1.29, 1.82) is 0 Å². The molecule has 0 unspecified atom stereocenters. The van der Waals surface area contributed by atoms with Gasteiger partial charge in [-0.15, -0.1) is 0 Å². The molecular weight excluding hydrogens is 426 g/mol. The van der Waals surface area contributed by atoms with Crippen molar-refractivity contribution < 1.29 is 9.18 Å². The molecule has 30 heavy (non-hydrogen) atoms. The Bertz CT molecular complexity index is 1320. The maximum atomic E-state index is 13.7. The van der Waals surface area contributed by atoms with Gasteiger partial charge < -0.3 is 5.32 Å². The number of benzene rings is 2. The minimum Gasteiger partial charge on any atom is -0.348 e. The third kappa shape index (κ3) is 3.14. The average molecular weight is 439 g/mol. The first-order valence-corrected chi connectivity index (χ1v) is 9.84. The number of pyridine rings is 1. The van der Waals surface area contributed by atoms with E-state index in [1.807, 2.05) is 18.2 Å². The first kappa shape index (κ1) is 18.8. The highest BCUT2D eigenvalue weighted by Crippen LogP contribution is 2.34. The minimum atomic E-state index is -0.510. The third-order valence-electron chi connectivity index (χ3n) is 4.98. The maximum absolute atomic E-state index is 13.7. The number of halogens is 3. The molecule has 2 aromatic heterocycles. The van der Waals surface area contributed by atoms with Gasteiger partial charge in [0.2, 0.25) is 0 Å². The van der Waals surface area contributed by atoms with Crippen LogP contribution in [0.2, 0.25) is 10.0 Å². The number of amides is 1. The van der Waals surface area contributed by atoms with E-state index >= 15 is 0 Å². The molecule has 0 aliphatic carbocycles. The van der Waals surface area contributed by atoms with Crippen molar-refractivity contribution in [1.82, 2.24) is 20.1 Å². The molecule has 0 spiro atoms. The number of fused-ring (bicyclic) bond motifs is 1. The van der Waals surface area contributed by atoms with E-state index in [-0.39, 0.29) is 10.9 Å². The lowest BCUT2D eigenvalue weighted by Gasteiger charge is -2.08. The van der Waals surface area contributed by atoms with Gasteiger partial charge in [0.1, 0.15) is 5.82 Å². The van der Waals surface area contributed by atoms with Crippen molar-refractivity contribution in [2.75, 3.05) is 0 Å². The van der Waals surface area contributed by atoms with Crippen LogP contribution in [-0.4, -0.2) is 20.7 Å². The van der Waals surface area contributed by atoms with Crippen LogP contribution in [0, 0.1) is 5.82 Å². The zero-order valence-electron chi connectivity index (χ0n) is 15.4. The van der Waals surface area contributed by atoms with Gasteiger partial charge in [0.15, 0.2) is 0 Å². The van der Waals surface area contributed by atoms with Gasteiger partial charge in [-0.05, 0) is 42.0 Å². The van der Waals surface area contributed by atoms with Gasteiger partial charge in [-0.3, -0.25) is 9.78 Å². The van der Waals surface area contributed by atoms with E-state index in [0.717, 1.165) is 16.7 Å². The van der Waals surface area contributed by atoms with Crippen molar-refractivity contribution in [2.45, 2.75) is 6.54 Å². The second-order valence-electron chi connectivity index (χ2n) is 6.83. The zero-order valence-corrected chi connectivity index (χ0v) is 16.9. The van der Waals surface area contributed by atoms with Crippen LogP contribution in [-0.2, 0) is 6.54 Å². The Balaban J connectivity index is 1.74. The lowest BCUT2D eigenvalue weighted by molar-refractivity contribution is 0.0965. The number of nitrogens with one attached hydrogen (secondary N) is 1. The summed E-state index contributed by atoms with van der Waals surface area (Å²) >= 11 is 12.2. The van der Waals surface area contributed by atoms with Gasteiger partial charge in [-0.1, -0.05) is 35.3 Å². The topological polar surface area (TPSA) is 59.8 Å². The SMILES string of the molecule is O=C1NCc2c1cccc2-c1cc(-c2cncc(Cl)c2)n(-c2ccc(F)c(Cl)c2)n1. The molecule has 3 heterocycles. The summed E-state index contributed by atoms with van der Waals surface area (Å²) < 4.78 is 15.4. The van der Waals surface area contributed by atoms with Gasteiger partial charge in [-0.2, -0.15) is 5.10 Å². The predicted octanol–water partition coefficient (Wildman–Crippen LogP) is 5.29. The fourth-order valence-electron chi connectivity index (χ4n) is 3.58. The van der Waals surface area contributed by atoms with Crippen LogP contribution in [0.5, 0.6) is 0 Å². The summed E-state index contributed by atoms with van der Waals surface area (Å²) in [5, 5.41) is 8.07. The van der Waals surface area contributed by atoms with Crippen LogP contribution in [0.4, 0.5) is 4.39 Å². The second-order valence-corrected chi connectivity index (χ2v) is 7.67. The first-order valence-electron chi connectivity index (χ1n) is 9.08. The Morgan fingerprint density at radius 1 is 1.03 bits per heavy atom. The lowest BCUT2D eigenvalue weighted by atomic mass is 10.0. The highest BCUT2D eigenvalue weighted by Gasteiger charge is 2.24. The third-order valence-corrected chi connectivity index (χ3v) is 5.48. The van der Waals surface area contributed by atoms with Crippen LogP contribution in [0.1, 0.15) is 15.9 Å².